The highest BCUT2D eigenvalue weighted by atomic mass is 35.5. The molecule has 112 valence electrons. The highest BCUT2D eigenvalue weighted by Crippen LogP contribution is 2.46. The normalized spacial score (nSPS) is 21.7. The average Bonchev–Trinajstić information content (AvgIpc) is 2.21. The fourth-order valence-electron chi connectivity index (χ4n) is 4.03. The number of halogens is 1. The number of benzene rings is 1. The number of hydrogen-bond acceptors (Lipinski definition) is 2. The van der Waals surface area contributed by atoms with Crippen LogP contribution in [0.25, 0.3) is 0 Å². The van der Waals surface area contributed by atoms with Crippen LogP contribution >= 0.6 is 11.6 Å². The zero-order valence-corrected chi connectivity index (χ0v) is 14.1. The maximum Gasteiger partial charge on any atom is 0.0656 e. The van der Waals surface area contributed by atoms with E-state index in [0.29, 0.717) is 27.6 Å². The first-order valence-electron chi connectivity index (χ1n) is 7.40. The molecule has 1 aliphatic carbocycles. The van der Waals surface area contributed by atoms with Gasteiger partial charge in [-0.3, -0.25) is 0 Å². The fourth-order valence-corrected chi connectivity index (χ4v) is 4.19. The smallest absolute Gasteiger partial charge is 0.0656 e. The second kappa shape index (κ2) is 5.14. The molecule has 1 aliphatic rings. The van der Waals surface area contributed by atoms with Gasteiger partial charge in [0.25, 0.3) is 0 Å². The number of aryl methyl sites for hydroxylation is 1. The number of hydrogen-bond donors (Lipinski definition) is 2. The van der Waals surface area contributed by atoms with E-state index in [-0.39, 0.29) is 0 Å². The third-order valence-electron chi connectivity index (χ3n) is 4.26. The van der Waals surface area contributed by atoms with Gasteiger partial charge < -0.3 is 11.1 Å². The Morgan fingerprint density at radius 2 is 1.70 bits per heavy atom. The van der Waals surface area contributed by atoms with Crippen molar-refractivity contribution in [1.29, 1.82) is 0 Å². The lowest BCUT2D eigenvalue weighted by Crippen LogP contribution is -2.40. The van der Waals surface area contributed by atoms with E-state index in [1.54, 1.807) is 0 Å². The first-order chi connectivity index (χ1) is 9.08. The summed E-state index contributed by atoms with van der Waals surface area (Å²) in [5, 5.41) is 4.32. The monoisotopic (exact) mass is 294 g/mol. The van der Waals surface area contributed by atoms with Crippen LogP contribution in [0, 0.1) is 17.8 Å². The van der Waals surface area contributed by atoms with Gasteiger partial charge in [0.1, 0.15) is 0 Å². The molecule has 2 nitrogen and oxygen atoms in total. The van der Waals surface area contributed by atoms with Crippen LogP contribution in [0.1, 0.15) is 52.5 Å². The van der Waals surface area contributed by atoms with E-state index in [4.69, 9.17) is 17.3 Å². The summed E-state index contributed by atoms with van der Waals surface area (Å²) in [4.78, 5) is 0. The first kappa shape index (κ1) is 15.5. The predicted molar refractivity (Wildman–Crippen MR) is 89.4 cm³/mol. The van der Waals surface area contributed by atoms with Crippen LogP contribution in [-0.2, 0) is 0 Å². The highest BCUT2D eigenvalue weighted by molar-refractivity contribution is 6.33. The Hall–Kier alpha value is -0.890. The molecule has 1 saturated carbocycles. The van der Waals surface area contributed by atoms with Crippen molar-refractivity contribution in [2.24, 2.45) is 10.8 Å². The summed E-state index contributed by atoms with van der Waals surface area (Å²) >= 11 is 6.15. The molecule has 1 fully saturated rings. The summed E-state index contributed by atoms with van der Waals surface area (Å²) in [6.45, 7) is 11.5. The molecule has 0 heterocycles. The molecular weight excluding hydrogens is 268 g/mol. The van der Waals surface area contributed by atoms with Crippen LogP contribution in [-0.4, -0.2) is 6.04 Å². The molecule has 0 amide bonds. The van der Waals surface area contributed by atoms with Gasteiger partial charge in [0.2, 0.25) is 0 Å². The molecule has 20 heavy (non-hydrogen) atoms. The van der Waals surface area contributed by atoms with Gasteiger partial charge in [0.15, 0.2) is 0 Å². The van der Waals surface area contributed by atoms with Gasteiger partial charge in [-0.2, -0.15) is 0 Å². The number of rotatable bonds is 2. The lowest BCUT2D eigenvalue weighted by atomic mass is 9.63. The van der Waals surface area contributed by atoms with Gasteiger partial charge in [0, 0.05) is 11.7 Å². The Kier molecular flexibility index (Phi) is 3.98. The number of anilines is 2. The van der Waals surface area contributed by atoms with Crippen LogP contribution in [0.15, 0.2) is 12.1 Å². The Labute approximate surface area is 128 Å². The molecule has 0 aromatic heterocycles. The molecule has 3 N–H and O–H groups in total. The summed E-state index contributed by atoms with van der Waals surface area (Å²) < 4.78 is 0. The second-order valence-electron chi connectivity index (χ2n) is 7.94. The average molecular weight is 295 g/mol. The topological polar surface area (TPSA) is 38.0 Å². The SMILES string of the molecule is Cc1cc(N)c(Cl)cc1NC1CC(C)(C)CC(C)(C)C1. The third kappa shape index (κ3) is 3.60. The van der Waals surface area contributed by atoms with Gasteiger partial charge in [-0.25, -0.2) is 0 Å². The van der Waals surface area contributed by atoms with Crippen LogP contribution in [0.2, 0.25) is 5.02 Å². The third-order valence-corrected chi connectivity index (χ3v) is 4.59. The maximum absolute atomic E-state index is 6.15. The molecule has 0 bridgehead atoms. The second-order valence-corrected chi connectivity index (χ2v) is 8.35. The van der Waals surface area contributed by atoms with Gasteiger partial charge in [-0.15, -0.1) is 0 Å². The molecule has 1 aromatic rings. The Bertz CT molecular complexity index is 490. The number of nitrogen functional groups attached to an aromatic ring is 1. The van der Waals surface area contributed by atoms with Gasteiger partial charge >= 0.3 is 0 Å². The Balaban J connectivity index is 2.19. The molecule has 0 spiro atoms. The molecule has 2 rings (SSSR count). The fraction of sp³-hybridized carbons (Fsp3) is 0.647. The molecule has 1 aromatic carbocycles. The van der Waals surface area contributed by atoms with Crippen LogP contribution < -0.4 is 11.1 Å². The largest absolute Gasteiger partial charge is 0.398 e. The van der Waals surface area contributed by atoms with E-state index >= 15 is 0 Å². The molecular formula is C17H27ClN2. The maximum atomic E-state index is 6.15. The molecule has 3 heteroatoms. The Morgan fingerprint density at radius 1 is 1.15 bits per heavy atom. The van der Waals surface area contributed by atoms with Crippen LogP contribution in [0.3, 0.4) is 0 Å². The zero-order chi connectivity index (χ0) is 15.1. The molecule has 0 unspecified atom stereocenters. The minimum atomic E-state index is 0.380. The van der Waals surface area contributed by atoms with E-state index in [1.165, 1.54) is 19.3 Å². The quantitative estimate of drug-likeness (QED) is 0.731. The summed E-state index contributed by atoms with van der Waals surface area (Å²) in [7, 11) is 0. The molecule has 0 saturated heterocycles. The van der Waals surface area contributed by atoms with Crippen molar-refractivity contribution in [3.8, 4) is 0 Å². The summed E-state index contributed by atoms with van der Waals surface area (Å²) in [5.41, 5.74) is 9.53. The van der Waals surface area contributed by atoms with Gasteiger partial charge in [0.05, 0.1) is 10.7 Å². The summed E-state index contributed by atoms with van der Waals surface area (Å²) in [5.74, 6) is 0. The van der Waals surface area contributed by atoms with Gasteiger partial charge in [-0.1, -0.05) is 39.3 Å². The van der Waals surface area contributed by atoms with Crippen molar-refractivity contribution in [1.82, 2.24) is 0 Å². The summed E-state index contributed by atoms with van der Waals surface area (Å²) in [6, 6.07) is 4.40. The standard InChI is InChI=1S/C17H27ClN2/c1-11-6-14(19)13(18)7-15(11)20-12-8-16(2,3)10-17(4,5)9-12/h6-7,12,20H,8-10,19H2,1-5H3. The van der Waals surface area contributed by atoms with Crippen LogP contribution in [0.4, 0.5) is 11.4 Å². The van der Waals surface area contributed by atoms with E-state index < -0.39 is 0 Å². The lowest BCUT2D eigenvalue weighted by molar-refractivity contribution is 0.105. The number of nitrogens with one attached hydrogen (secondary N) is 1. The van der Waals surface area contributed by atoms with E-state index in [9.17, 15) is 0 Å². The van der Waals surface area contributed by atoms with Crippen molar-refractivity contribution in [2.45, 2.75) is 59.9 Å². The minimum Gasteiger partial charge on any atom is -0.398 e. The first-order valence-corrected chi connectivity index (χ1v) is 7.78. The van der Waals surface area contributed by atoms with Crippen molar-refractivity contribution < 1.29 is 0 Å². The van der Waals surface area contributed by atoms with Gasteiger partial charge in [-0.05, 0) is 54.7 Å². The Morgan fingerprint density at radius 3 is 2.25 bits per heavy atom. The number of nitrogens with two attached hydrogens (primary N) is 1. The predicted octanol–water partition coefficient (Wildman–Crippen LogP) is 5.25. The van der Waals surface area contributed by atoms with Crippen molar-refractivity contribution in [3.05, 3.63) is 22.7 Å². The molecule has 0 aliphatic heterocycles. The van der Waals surface area contributed by atoms with E-state index in [0.717, 1.165) is 11.3 Å². The van der Waals surface area contributed by atoms with E-state index in [1.807, 2.05) is 12.1 Å². The van der Waals surface area contributed by atoms with Crippen molar-refractivity contribution in [3.63, 3.8) is 0 Å². The molecule has 0 radical (unpaired) electrons. The highest BCUT2D eigenvalue weighted by Gasteiger charge is 2.38. The summed E-state index contributed by atoms with van der Waals surface area (Å²) in [6.07, 6.45) is 3.66. The van der Waals surface area contributed by atoms with Crippen molar-refractivity contribution >= 4 is 23.0 Å². The van der Waals surface area contributed by atoms with E-state index in [2.05, 4.69) is 39.9 Å². The zero-order valence-electron chi connectivity index (χ0n) is 13.3. The van der Waals surface area contributed by atoms with Crippen molar-refractivity contribution in [2.75, 3.05) is 11.1 Å². The lowest BCUT2D eigenvalue weighted by Gasteiger charge is -2.45. The minimum absolute atomic E-state index is 0.380. The van der Waals surface area contributed by atoms with Crippen LogP contribution in [0.5, 0.6) is 0 Å². The molecule has 0 atom stereocenters.